The number of likely N-dealkylation sites (N-methyl/N-ethyl adjacent to an activating group) is 1. The van der Waals surface area contributed by atoms with Gasteiger partial charge in [-0.15, -0.1) is 0 Å². The lowest BCUT2D eigenvalue weighted by atomic mass is 10.3. The number of halogens is 1. The number of hydrogen-bond donors (Lipinski definition) is 1. The predicted octanol–water partition coefficient (Wildman–Crippen LogP) is 3.39. The zero-order valence-electron chi connectivity index (χ0n) is 14.6. The Hall–Kier alpha value is -2.09. The highest BCUT2D eigenvalue weighted by Gasteiger charge is 2.20. The third kappa shape index (κ3) is 5.45. The molecule has 8 heteroatoms. The molecule has 0 bridgehead atoms. The molecule has 0 fully saturated rings. The summed E-state index contributed by atoms with van der Waals surface area (Å²) in [6.07, 6.45) is 0.357. The number of sulfonamides is 1. The Kier molecular flexibility index (Phi) is 7.02. The van der Waals surface area contributed by atoms with Gasteiger partial charge in [-0.2, -0.15) is 4.31 Å². The van der Waals surface area contributed by atoms with E-state index in [-0.39, 0.29) is 24.0 Å². The van der Waals surface area contributed by atoms with E-state index in [9.17, 15) is 13.2 Å². The largest absolute Gasteiger partial charge is 0.492 e. The molecule has 1 amide bonds. The van der Waals surface area contributed by atoms with Gasteiger partial charge in [-0.25, -0.2) is 8.42 Å². The van der Waals surface area contributed by atoms with Crippen molar-refractivity contribution in [3.63, 3.8) is 0 Å². The van der Waals surface area contributed by atoms with Crippen molar-refractivity contribution in [3.05, 3.63) is 53.6 Å². The lowest BCUT2D eigenvalue weighted by Crippen LogP contribution is -2.31. The van der Waals surface area contributed by atoms with E-state index >= 15 is 0 Å². The number of nitrogens with zero attached hydrogens (tertiary/aromatic N) is 1. The fourth-order valence-corrected chi connectivity index (χ4v) is 3.44. The SMILES string of the molecule is CCC(=O)Nc1ccc(S(=O)(=O)N(C)CCOc2cccc(Cl)c2)cc1. The van der Waals surface area contributed by atoms with E-state index in [1.165, 1.54) is 23.5 Å². The lowest BCUT2D eigenvalue weighted by molar-refractivity contribution is -0.115. The average Bonchev–Trinajstić information content (AvgIpc) is 2.62. The van der Waals surface area contributed by atoms with E-state index in [1.807, 2.05) is 0 Å². The van der Waals surface area contributed by atoms with E-state index in [4.69, 9.17) is 16.3 Å². The van der Waals surface area contributed by atoms with Gasteiger partial charge in [-0.05, 0) is 42.5 Å². The van der Waals surface area contributed by atoms with Crippen LogP contribution in [0, 0.1) is 0 Å². The Bertz CT molecular complexity index is 854. The first-order valence-corrected chi connectivity index (χ1v) is 9.89. The molecule has 0 saturated carbocycles. The molecule has 0 aliphatic heterocycles. The van der Waals surface area contributed by atoms with Crippen LogP contribution in [0.15, 0.2) is 53.4 Å². The zero-order chi connectivity index (χ0) is 19.2. The molecule has 0 atom stereocenters. The van der Waals surface area contributed by atoms with Gasteiger partial charge in [-0.1, -0.05) is 24.6 Å². The summed E-state index contributed by atoms with van der Waals surface area (Å²) in [5, 5.41) is 3.23. The van der Waals surface area contributed by atoms with Gasteiger partial charge in [0.2, 0.25) is 15.9 Å². The highest BCUT2D eigenvalue weighted by molar-refractivity contribution is 7.89. The molecule has 1 N–H and O–H groups in total. The van der Waals surface area contributed by atoms with Gasteiger partial charge in [0, 0.05) is 30.7 Å². The molecule has 0 heterocycles. The maximum absolute atomic E-state index is 12.6. The first-order valence-electron chi connectivity index (χ1n) is 8.07. The summed E-state index contributed by atoms with van der Waals surface area (Å²) in [4.78, 5) is 11.5. The van der Waals surface area contributed by atoms with Crippen LogP contribution in [0.3, 0.4) is 0 Å². The van der Waals surface area contributed by atoms with E-state index in [1.54, 1.807) is 43.3 Å². The Balaban J connectivity index is 1.96. The molecule has 2 rings (SSSR count). The standard InChI is InChI=1S/C18H21ClN2O4S/c1-3-18(22)20-15-7-9-17(10-8-15)26(23,24)21(2)11-12-25-16-6-4-5-14(19)13-16/h4-10,13H,3,11-12H2,1-2H3,(H,20,22). The molecule has 0 radical (unpaired) electrons. The fourth-order valence-electron chi connectivity index (χ4n) is 2.11. The molecule has 0 spiro atoms. The Morgan fingerprint density at radius 1 is 1.19 bits per heavy atom. The molecule has 140 valence electrons. The summed E-state index contributed by atoms with van der Waals surface area (Å²) < 4.78 is 31.9. The summed E-state index contributed by atoms with van der Waals surface area (Å²) in [7, 11) is -2.15. The van der Waals surface area contributed by atoms with Gasteiger partial charge in [0.05, 0.1) is 4.90 Å². The van der Waals surface area contributed by atoms with Crippen LogP contribution in [0.5, 0.6) is 5.75 Å². The molecule has 0 aliphatic rings. The van der Waals surface area contributed by atoms with Gasteiger partial charge >= 0.3 is 0 Å². The van der Waals surface area contributed by atoms with Crippen LogP contribution in [-0.4, -0.2) is 38.8 Å². The van der Waals surface area contributed by atoms with Gasteiger partial charge in [0.1, 0.15) is 12.4 Å². The molecule has 6 nitrogen and oxygen atoms in total. The molecule has 2 aromatic rings. The minimum atomic E-state index is -3.64. The molecule has 2 aromatic carbocycles. The average molecular weight is 397 g/mol. The number of anilines is 1. The normalized spacial score (nSPS) is 11.4. The van der Waals surface area contributed by atoms with Crippen molar-refractivity contribution in [2.75, 3.05) is 25.5 Å². The van der Waals surface area contributed by atoms with Crippen molar-refractivity contribution >= 4 is 33.2 Å². The number of carbonyl (C=O) groups is 1. The number of hydrogen-bond acceptors (Lipinski definition) is 4. The molecule has 0 saturated heterocycles. The number of ether oxygens (including phenoxy) is 1. The first-order chi connectivity index (χ1) is 12.3. The molecular weight excluding hydrogens is 376 g/mol. The van der Waals surface area contributed by atoms with Crippen LogP contribution in [-0.2, 0) is 14.8 Å². The van der Waals surface area contributed by atoms with Crippen LogP contribution < -0.4 is 10.1 Å². The Morgan fingerprint density at radius 2 is 1.88 bits per heavy atom. The lowest BCUT2D eigenvalue weighted by Gasteiger charge is -2.18. The van der Waals surface area contributed by atoms with Crippen molar-refractivity contribution < 1.29 is 17.9 Å². The maximum Gasteiger partial charge on any atom is 0.242 e. The summed E-state index contributed by atoms with van der Waals surface area (Å²) in [5.41, 5.74) is 0.558. The topological polar surface area (TPSA) is 75.7 Å². The van der Waals surface area contributed by atoms with E-state index in [2.05, 4.69) is 5.32 Å². The van der Waals surface area contributed by atoms with Crippen LogP contribution in [0.4, 0.5) is 5.69 Å². The number of benzene rings is 2. The zero-order valence-corrected chi connectivity index (χ0v) is 16.2. The molecular formula is C18H21ClN2O4S. The minimum absolute atomic E-state index is 0.129. The van der Waals surface area contributed by atoms with Gasteiger partial charge in [-0.3, -0.25) is 4.79 Å². The second-order valence-electron chi connectivity index (χ2n) is 5.56. The van der Waals surface area contributed by atoms with Crippen molar-refractivity contribution in [1.29, 1.82) is 0 Å². The van der Waals surface area contributed by atoms with E-state index in [0.717, 1.165) is 0 Å². The van der Waals surface area contributed by atoms with Crippen LogP contribution in [0.1, 0.15) is 13.3 Å². The maximum atomic E-state index is 12.6. The Labute approximate surface area is 158 Å². The predicted molar refractivity (Wildman–Crippen MR) is 102 cm³/mol. The summed E-state index contributed by atoms with van der Waals surface area (Å²) >= 11 is 5.88. The van der Waals surface area contributed by atoms with Gasteiger partial charge in [0.25, 0.3) is 0 Å². The van der Waals surface area contributed by atoms with E-state index < -0.39 is 10.0 Å². The van der Waals surface area contributed by atoms with Crippen molar-refractivity contribution in [3.8, 4) is 5.75 Å². The summed E-state index contributed by atoms with van der Waals surface area (Å²) in [5.74, 6) is 0.454. The highest BCUT2D eigenvalue weighted by Crippen LogP contribution is 2.19. The number of rotatable bonds is 8. The Morgan fingerprint density at radius 3 is 2.50 bits per heavy atom. The van der Waals surface area contributed by atoms with Crippen LogP contribution in [0.25, 0.3) is 0 Å². The number of amides is 1. The first kappa shape index (κ1) is 20.2. The van der Waals surface area contributed by atoms with Crippen LogP contribution in [0.2, 0.25) is 5.02 Å². The summed E-state index contributed by atoms with van der Waals surface area (Å²) in [6, 6.07) is 13.0. The number of nitrogens with one attached hydrogen (secondary N) is 1. The second kappa shape index (κ2) is 9.02. The monoisotopic (exact) mass is 396 g/mol. The minimum Gasteiger partial charge on any atom is -0.492 e. The van der Waals surface area contributed by atoms with Crippen molar-refractivity contribution in [1.82, 2.24) is 4.31 Å². The molecule has 0 aromatic heterocycles. The number of carbonyl (C=O) groups excluding carboxylic acids is 1. The fraction of sp³-hybridized carbons (Fsp3) is 0.278. The second-order valence-corrected chi connectivity index (χ2v) is 8.04. The molecule has 0 unspecified atom stereocenters. The van der Waals surface area contributed by atoms with Gasteiger partial charge < -0.3 is 10.1 Å². The third-order valence-electron chi connectivity index (χ3n) is 3.64. The van der Waals surface area contributed by atoms with Crippen molar-refractivity contribution in [2.45, 2.75) is 18.2 Å². The highest BCUT2D eigenvalue weighted by atomic mass is 35.5. The smallest absolute Gasteiger partial charge is 0.242 e. The quantitative estimate of drug-likeness (QED) is 0.742. The van der Waals surface area contributed by atoms with Crippen molar-refractivity contribution in [2.24, 2.45) is 0 Å². The van der Waals surface area contributed by atoms with E-state index in [0.29, 0.717) is 22.9 Å². The molecule has 0 aliphatic carbocycles. The third-order valence-corrected chi connectivity index (χ3v) is 5.74. The molecule has 26 heavy (non-hydrogen) atoms. The summed E-state index contributed by atoms with van der Waals surface area (Å²) in [6.45, 7) is 2.12. The van der Waals surface area contributed by atoms with Gasteiger partial charge in [0.15, 0.2) is 0 Å². The van der Waals surface area contributed by atoms with Crippen LogP contribution >= 0.6 is 11.6 Å².